The number of hydrogen-bond donors (Lipinski definition) is 0. The van der Waals surface area contributed by atoms with Gasteiger partial charge in [-0.2, -0.15) is 0 Å². The Morgan fingerprint density at radius 3 is 2.33 bits per heavy atom. The van der Waals surface area contributed by atoms with Gasteiger partial charge in [-0.25, -0.2) is 8.78 Å². The topological polar surface area (TPSA) is 40.1 Å². The first-order valence-corrected chi connectivity index (χ1v) is 3.67. The number of rotatable bonds is 1. The normalized spacial score (nSPS) is 9.92. The van der Waals surface area contributed by atoms with Gasteiger partial charge < -0.3 is 9.90 Å². The first-order valence-electron chi connectivity index (χ1n) is 2.88. The Hall–Kier alpha value is -0.970. The molecule has 0 atom stereocenters. The summed E-state index contributed by atoms with van der Waals surface area (Å²) in [6.07, 6.45) is 0. The van der Waals surface area contributed by atoms with Gasteiger partial charge in [0.25, 0.3) is 0 Å². The Morgan fingerprint density at radius 1 is 1.33 bits per heavy atom. The van der Waals surface area contributed by atoms with Crippen LogP contribution in [-0.4, -0.2) is 5.97 Å². The van der Waals surface area contributed by atoms with Gasteiger partial charge in [0, 0.05) is 10.0 Å². The highest BCUT2D eigenvalue weighted by Gasteiger charge is 2.07. The second-order valence-corrected chi connectivity index (χ2v) is 2.89. The molecule has 2 nitrogen and oxygen atoms in total. The molecule has 0 aromatic heterocycles. The molecule has 1 aromatic rings. The number of carboxylic acids is 1. The zero-order valence-electron chi connectivity index (χ0n) is 5.61. The second-order valence-electron chi connectivity index (χ2n) is 2.03. The second kappa shape index (κ2) is 3.18. The maximum Gasteiger partial charge on any atom is 0.159 e. The van der Waals surface area contributed by atoms with E-state index in [1.807, 2.05) is 0 Å². The Labute approximate surface area is 75.0 Å². The van der Waals surface area contributed by atoms with Gasteiger partial charge in [-0.1, -0.05) is 15.9 Å². The highest BCUT2D eigenvalue weighted by atomic mass is 79.9. The Morgan fingerprint density at radius 2 is 1.83 bits per heavy atom. The number of carbonyl (C=O) groups is 1. The van der Waals surface area contributed by atoms with Gasteiger partial charge >= 0.3 is 0 Å². The summed E-state index contributed by atoms with van der Waals surface area (Å²) in [5.41, 5.74) is -0.408. The molecule has 1 rings (SSSR count). The quantitative estimate of drug-likeness (QED) is 0.684. The van der Waals surface area contributed by atoms with E-state index < -0.39 is 23.2 Å². The van der Waals surface area contributed by atoms with Gasteiger partial charge in [0.05, 0.1) is 5.97 Å². The van der Waals surface area contributed by atoms with Gasteiger partial charge in [0.2, 0.25) is 0 Å². The third-order valence-corrected chi connectivity index (χ3v) is 1.89. The molecule has 0 aliphatic heterocycles. The molecule has 12 heavy (non-hydrogen) atoms. The minimum Gasteiger partial charge on any atom is -0.545 e. The molecule has 5 heteroatoms. The fourth-order valence-electron chi connectivity index (χ4n) is 0.679. The molecule has 0 spiro atoms. The van der Waals surface area contributed by atoms with E-state index in [0.717, 1.165) is 6.07 Å². The van der Waals surface area contributed by atoms with Crippen LogP contribution in [0, 0.1) is 11.6 Å². The van der Waals surface area contributed by atoms with Crippen LogP contribution in [0.1, 0.15) is 10.4 Å². The highest BCUT2D eigenvalue weighted by Crippen LogP contribution is 2.19. The number of carboxylic acid groups (broad SMARTS) is 1. The van der Waals surface area contributed by atoms with Crippen LogP contribution in [-0.2, 0) is 0 Å². The van der Waals surface area contributed by atoms with Crippen molar-refractivity contribution >= 4 is 21.9 Å². The van der Waals surface area contributed by atoms with Crippen molar-refractivity contribution in [2.24, 2.45) is 0 Å². The molecular formula is C7H2BrF2O2-. The molecule has 1 aromatic carbocycles. The Kier molecular flexibility index (Phi) is 2.42. The maximum atomic E-state index is 12.4. The van der Waals surface area contributed by atoms with E-state index in [9.17, 15) is 18.7 Å². The van der Waals surface area contributed by atoms with Crippen LogP contribution in [0.2, 0.25) is 0 Å². The summed E-state index contributed by atoms with van der Waals surface area (Å²) >= 11 is 2.75. The number of hydrogen-bond acceptors (Lipinski definition) is 2. The fourth-order valence-corrected chi connectivity index (χ4v) is 1.16. The molecule has 0 heterocycles. The van der Waals surface area contributed by atoms with Crippen LogP contribution in [0.4, 0.5) is 8.78 Å². The largest absolute Gasteiger partial charge is 0.545 e. The lowest BCUT2D eigenvalue weighted by atomic mass is 10.2. The number of benzene rings is 1. The lowest BCUT2D eigenvalue weighted by molar-refractivity contribution is -0.255. The minimum absolute atomic E-state index is 0.0404. The predicted octanol–water partition coefficient (Wildman–Crippen LogP) is 1.09. The van der Waals surface area contributed by atoms with E-state index in [-0.39, 0.29) is 4.47 Å². The van der Waals surface area contributed by atoms with E-state index in [1.54, 1.807) is 0 Å². The van der Waals surface area contributed by atoms with Crippen molar-refractivity contribution in [2.45, 2.75) is 0 Å². The van der Waals surface area contributed by atoms with Crippen LogP contribution in [0.5, 0.6) is 0 Å². The molecule has 0 fully saturated rings. The summed E-state index contributed by atoms with van der Waals surface area (Å²) < 4.78 is 24.8. The molecule has 0 saturated heterocycles. The zero-order valence-corrected chi connectivity index (χ0v) is 7.19. The van der Waals surface area contributed by atoms with E-state index in [4.69, 9.17) is 0 Å². The maximum absolute atomic E-state index is 12.4. The molecule has 64 valence electrons. The number of halogens is 3. The monoisotopic (exact) mass is 235 g/mol. The van der Waals surface area contributed by atoms with Crippen molar-refractivity contribution in [3.8, 4) is 0 Å². The molecule has 0 amide bonds. The summed E-state index contributed by atoms with van der Waals surface area (Å²) in [5.74, 6) is -3.87. The van der Waals surface area contributed by atoms with Gasteiger partial charge in [-0.3, -0.25) is 0 Å². The number of carbonyl (C=O) groups excluding carboxylic acids is 1. The standard InChI is InChI=1S/C7H3BrF2O2/c8-4-2-6(10)5(9)1-3(4)7(11)12/h1-2H,(H,11,12)/p-1. The van der Waals surface area contributed by atoms with E-state index in [0.29, 0.717) is 6.07 Å². The molecule has 0 aliphatic carbocycles. The van der Waals surface area contributed by atoms with Crippen molar-refractivity contribution < 1.29 is 18.7 Å². The van der Waals surface area contributed by atoms with Crippen LogP contribution in [0.15, 0.2) is 16.6 Å². The SMILES string of the molecule is O=C([O-])c1cc(F)c(F)cc1Br. The van der Waals surface area contributed by atoms with Crippen LogP contribution >= 0.6 is 15.9 Å². The van der Waals surface area contributed by atoms with Crippen LogP contribution in [0.3, 0.4) is 0 Å². The van der Waals surface area contributed by atoms with Crippen molar-refractivity contribution in [3.63, 3.8) is 0 Å². The van der Waals surface area contributed by atoms with Crippen molar-refractivity contribution in [2.75, 3.05) is 0 Å². The first kappa shape index (κ1) is 9.12. The molecule has 0 radical (unpaired) electrons. The lowest BCUT2D eigenvalue weighted by Crippen LogP contribution is -2.23. The fraction of sp³-hybridized carbons (Fsp3) is 0. The number of aromatic carboxylic acids is 1. The van der Waals surface area contributed by atoms with Crippen molar-refractivity contribution in [3.05, 3.63) is 33.8 Å². The van der Waals surface area contributed by atoms with Crippen LogP contribution in [0.25, 0.3) is 0 Å². The van der Waals surface area contributed by atoms with Crippen molar-refractivity contribution in [1.82, 2.24) is 0 Å². The third-order valence-electron chi connectivity index (χ3n) is 1.23. The predicted molar refractivity (Wildman–Crippen MR) is 38.4 cm³/mol. The third kappa shape index (κ3) is 1.61. The summed E-state index contributed by atoms with van der Waals surface area (Å²) in [5, 5.41) is 10.3. The molecule has 0 bridgehead atoms. The summed E-state index contributed by atoms with van der Waals surface area (Å²) in [7, 11) is 0. The Bertz CT molecular complexity index is 338. The van der Waals surface area contributed by atoms with Gasteiger partial charge in [-0.05, 0) is 12.1 Å². The van der Waals surface area contributed by atoms with Gasteiger partial charge in [0.15, 0.2) is 11.6 Å². The zero-order chi connectivity index (χ0) is 9.30. The molecule has 0 saturated carbocycles. The highest BCUT2D eigenvalue weighted by molar-refractivity contribution is 9.10. The van der Waals surface area contributed by atoms with E-state index >= 15 is 0 Å². The van der Waals surface area contributed by atoms with E-state index in [1.165, 1.54) is 0 Å². The molecular weight excluding hydrogens is 234 g/mol. The average Bonchev–Trinajstić information content (AvgIpc) is 1.96. The van der Waals surface area contributed by atoms with E-state index in [2.05, 4.69) is 15.9 Å². The molecule has 0 N–H and O–H groups in total. The van der Waals surface area contributed by atoms with Gasteiger partial charge in [-0.15, -0.1) is 0 Å². The summed E-state index contributed by atoms with van der Waals surface area (Å²) in [6.45, 7) is 0. The Balaban J connectivity index is 3.33. The molecule has 0 aliphatic rings. The van der Waals surface area contributed by atoms with Crippen molar-refractivity contribution in [1.29, 1.82) is 0 Å². The van der Waals surface area contributed by atoms with Crippen LogP contribution < -0.4 is 5.11 Å². The summed E-state index contributed by atoms with van der Waals surface area (Å²) in [6, 6.07) is 1.30. The summed E-state index contributed by atoms with van der Waals surface area (Å²) in [4.78, 5) is 10.3. The lowest BCUT2D eigenvalue weighted by Gasteiger charge is -2.05. The average molecular weight is 236 g/mol. The smallest absolute Gasteiger partial charge is 0.159 e. The minimum atomic E-state index is -1.55. The first-order chi connectivity index (χ1) is 5.52. The van der Waals surface area contributed by atoms with Gasteiger partial charge in [0.1, 0.15) is 0 Å². The molecule has 0 unspecified atom stereocenters.